The summed E-state index contributed by atoms with van der Waals surface area (Å²) < 4.78 is 12.0. The molecule has 1 atom stereocenters. The van der Waals surface area contributed by atoms with Crippen molar-refractivity contribution in [2.45, 2.75) is 25.0 Å². The van der Waals surface area contributed by atoms with E-state index in [2.05, 4.69) is 21.2 Å². The Morgan fingerprint density at radius 3 is 2.89 bits per heavy atom. The molecular weight excluding hydrogens is 318 g/mol. The summed E-state index contributed by atoms with van der Waals surface area (Å²) in [5.74, 6) is 0.791. The summed E-state index contributed by atoms with van der Waals surface area (Å²) in [6, 6.07) is 6.18. The van der Waals surface area contributed by atoms with Crippen LogP contribution in [-0.4, -0.2) is 32.4 Å². The Kier molecular flexibility index (Phi) is 5.30. The molecule has 0 spiro atoms. The molecule has 2 rings (SSSR count). The molecule has 0 radical (unpaired) electrons. The second-order valence-electron chi connectivity index (χ2n) is 4.45. The first-order valence-corrected chi connectivity index (χ1v) is 7.20. The summed E-state index contributed by atoms with van der Waals surface area (Å²) in [5, 5.41) is 4.13. The first-order valence-electron chi connectivity index (χ1n) is 6.03. The van der Waals surface area contributed by atoms with Gasteiger partial charge in [-0.25, -0.2) is 0 Å². The van der Waals surface area contributed by atoms with Crippen LogP contribution in [-0.2, 0) is 4.74 Å². The van der Waals surface area contributed by atoms with Gasteiger partial charge in [0.05, 0.1) is 11.1 Å². The highest BCUT2D eigenvalue weighted by Crippen LogP contribution is 2.29. The van der Waals surface area contributed by atoms with Gasteiger partial charge in [0.15, 0.2) is 0 Å². The third-order valence-electron chi connectivity index (χ3n) is 2.75. The Hall–Kier alpha value is -0.290. The second kappa shape index (κ2) is 6.75. The summed E-state index contributed by atoms with van der Waals surface area (Å²) in [6.07, 6.45) is 2.54. The molecule has 5 heteroatoms. The van der Waals surface area contributed by atoms with Gasteiger partial charge in [-0.2, -0.15) is 0 Å². The molecule has 1 unspecified atom stereocenters. The molecule has 3 nitrogen and oxygen atoms in total. The van der Waals surface area contributed by atoms with Crippen LogP contribution in [0.2, 0.25) is 5.02 Å². The van der Waals surface area contributed by atoms with E-state index in [1.54, 1.807) is 7.11 Å². The molecule has 0 aromatic heterocycles. The molecule has 1 aromatic carbocycles. The van der Waals surface area contributed by atoms with Crippen molar-refractivity contribution >= 4 is 27.5 Å². The first-order chi connectivity index (χ1) is 8.69. The molecule has 100 valence electrons. The number of benzene rings is 1. The van der Waals surface area contributed by atoms with Crippen molar-refractivity contribution in [1.29, 1.82) is 0 Å². The first kappa shape index (κ1) is 14.1. The van der Waals surface area contributed by atoms with Crippen LogP contribution in [0.25, 0.3) is 0 Å². The number of halogens is 2. The van der Waals surface area contributed by atoms with Gasteiger partial charge in [0.25, 0.3) is 0 Å². The highest BCUT2D eigenvalue weighted by molar-refractivity contribution is 9.10. The van der Waals surface area contributed by atoms with Crippen molar-refractivity contribution in [3.63, 3.8) is 0 Å². The van der Waals surface area contributed by atoms with E-state index in [0.29, 0.717) is 17.7 Å². The number of hydrogen-bond acceptors (Lipinski definition) is 3. The van der Waals surface area contributed by atoms with Crippen LogP contribution in [0.5, 0.6) is 5.75 Å². The summed E-state index contributed by atoms with van der Waals surface area (Å²) >= 11 is 9.35. The Morgan fingerprint density at radius 1 is 1.50 bits per heavy atom. The molecule has 18 heavy (non-hydrogen) atoms. The fourth-order valence-corrected chi connectivity index (χ4v) is 2.43. The lowest BCUT2D eigenvalue weighted by atomic mass is 10.3. The highest BCUT2D eigenvalue weighted by Gasteiger charge is 2.22. The molecule has 0 amide bonds. The average Bonchev–Trinajstić information content (AvgIpc) is 3.13. The molecule has 1 aromatic rings. The van der Waals surface area contributed by atoms with Gasteiger partial charge in [-0.1, -0.05) is 11.6 Å². The van der Waals surface area contributed by atoms with Crippen LogP contribution in [0.15, 0.2) is 22.7 Å². The zero-order valence-corrected chi connectivity index (χ0v) is 12.6. The maximum Gasteiger partial charge on any atom is 0.134 e. The zero-order valence-electron chi connectivity index (χ0n) is 10.3. The van der Waals surface area contributed by atoms with Crippen molar-refractivity contribution in [3.8, 4) is 5.75 Å². The van der Waals surface area contributed by atoms with Crippen LogP contribution in [0, 0.1) is 0 Å². The topological polar surface area (TPSA) is 30.5 Å². The van der Waals surface area contributed by atoms with Crippen LogP contribution in [0.1, 0.15) is 12.8 Å². The molecule has 0 aliphatic heterocycles. The highest BCUT2D eigenvalue weighted by atomic mass is 79.9. The van der Waals surface area contributed by atoms with E-state index in [0.717, 1.165) is 16.8 Å². The van der Waals surface area contributed by atoms with Gasteiger partial charge in [-0.15, -0.1) is 0 Å². The number of rotatable bonds is 7. The number of hydrogen-bond donors (Lipinski definition) is 1. The quantitative estimate of drug-likeness (QED) is 0.830. The summed E-state index contributed by atoms with van der Waals surface area (Å²) in [6.45, 7) is 1.36. The van der Waals surface area contributed by atoms with Gasteiger partial charge < -0.3 is 14.8 Å². The Balaban J connectivity index is 1.92. The number of nitrogens with one attached hydrogen (secondary N) is 1. The Bertz CT molecular complexity index is 399. The van der Waals surface area contributed by atoms with Crippen molar-refractivity contribution in [3.05, 3.63) is 27.7 Å². The second-order valence-corrected chi connectivity index (χ2v) is 5.74. The molecule has 1 aliphatic carbocycles. The van der Waals surface area contributed by atoms with Gasteiger partial charge in [0.2, 0.25) is 0 Å². The fraction of sp³-hybridized carbons (Fsp3) is 0.538. The standard InChI is InChI=1S/C13H17BrClNO2/c1-17-8-11(7-16-10-3-4-10)18-13-5-2-9(15)6-12(13)14/h2,5-6,10-11,16H,3-4,7-8H2,1H3. The van der Waals surface area contributed by atoms with E-state index in [1.807, 2.05) is 18.2 Å². The van der Waals surface area contributed by atoms with Gasteiger partial charge in [-0.05, 0) is 47.0 Å². The Labute approximate surface area is 121 Å². The van der Waals surface area contributed by atoms with Crippen molar-refractivity contribution in [2.75, 3.05) is 20.3 Å². The van der Waals surface area contributed by atoms with Crippen LogP contribution in [0.4, 0.5) is 0 Å². The zero-order chi connectivity index (χ0) is 13.0. The number of ether oxygens (including phenoxy) is 2. The monoisotopic (exact) mass is 333 g/mol. The van der Waals surface area contributed by atoms with E-state index in [1.165, 1.54) is 12.8 Å². The van der Waals surface area contributed by atoms with Crippen LogP contribution in [0.3, 0.4) is 0 Å². The molecule has 1 saturated carbocycles. The Morgan fingerprint density at radius 2 is 2.28 bits per heavy atom. The minimum atomic E-state index is 0.00748. The maximum absolute atomic E-state index is 5.93. The molecule has 1 N–H and O–H groups in total. The third-order valence-corrected chi connectivity index (χ3v) is 3.61. The maximum atomic E-state index is 5.93. The minimum absolute atomic E-state index is 0.00748. The molecule has 0 bridgehead atoms. The SMILES string of the molecule is COCC(CNC1CC1)Oc1ccc(Cl)cc1Br. The minimum Gasteiger partial charge on any atom is -0.486 e. The van der Waals surface area contributed by atoms with E-state index >= 15 is 0 Å². The van der Waals surface area contributed by atoms with Crippen LogP contribution < -0.4 is 10.1 Å². The molecule has 1 fully saturated rings. The molecular formula is C13H17BrClNO2. The summed E-state index contributed by atoms with van der Waals surface area (Å²) in [7, 11) is 1.68. The van der Waals surface area contributed by atoms with E-state index in [9.17, 15) is 0 Å². The fourth-order valence-electron chi connectivity index (χ4n) is 1.66. The van der Waals surface area contributed by atoms with Crippen molar-refractivity contribution in [2.24, 2.45) is 0 Å². The summed E-state index contributed by atoms with van der Waals surface area (Å²) in [5.41, 5.74) is 0. The third kappa shape index (κ3) is 4.43. The lowest BCUT2D eigenvalue weighted by Crippen LogP contribution is -2.36. The van der Waals surface area contributed by atoms with Crippen molar-refractivity contribution < 1.29 is 9.47 Å². The van der Waals surface area contributed by atoms with Gasteiger partial charge in [0.1, 0.15) is 11.9 Å². The van der Waals surface area contributed by atoms with E-state index in [4.69, 9.17) is 21.1 Å². The molecule has 1 aliphatic rings. The lowest BCUT2D eigenvalue weighted by molar-refractivity contribution is 0.0799. The summed E-state index contributed by atoms with van der Waals surface area (Å²) in [4.78, 5) is 0. The van der Waals surface area contributed by atoms with E-state index in [-0.39, 0.29) is 6.10 Å². The lowest BCUT2D eigenvalue weighted by Gasteiger charge is -2.20. The van der Waals surface area contributed by atoms with Gasteiger partial charge in [0, 0.05) is 24.7 Å². The molecule has 0 heterocycles. The van der Waals surface area contributed by atoms with Crippen molar-refractivity contribution in [1.82, 2.24) is 5.32 Å². The predicted molar refractivity (Wildman–Crippen MR) is 76.5 cm³/mol. The predicted octanol–water partition coefficient (Wildman–Crippen LogP) is 3.25. The molecule has 0 saturated heterocycles. The number of methoxy groups -OCH3 is 1. The largest absolute Gasteiger partial charge is 0.486 e. The van der Waals surface area contributed by atoms with Gasteiger partial charge >= 0.3 is 0 Å². The normalized spacial score (nSPS) is 16.6. The smallest absolute Gasteiger partial charge is 0.134 e. The van der Waals surface area contributed by atoms with Crippen LogP contribution >= 0.6 is 27.5 Å². The van der Waals surface area contributed by atoms with E-state index < -0.39 is 0 Å². The van der Waals surface area contributed by atoms with Gasteiger partial charge in [-0.3, -0.25) is 0 Å². The average molecular weight is 335 g/mol.